The van der Waals surface area contributed by atoms with E-state index in [2.05, 4.69) is 19.7 Å². The highest BCUT2D eigenvalue weighted by Gasteiger charge is 2.15. The van der Waals surface area contributed by atoms with Crippen molar-refractivity contribution in [3.05, 3.63) is 55.1 Å². The fourth-order valence-corrected chi connectivity index (χ4v) is 3.11. The second kappa shape index (κ2) is 6.77. The molecule has 8 nitrogen and oxygen atoms in total. The number of nitrogens with one attached hydrogen (secondary N) is 1. The van der Waals surface area contributed by atoms with Gasteiger partial charge in [-0.25, -0.2) is 28.1 Å². The first kappa shape index (κ1) is 16.1. The van der Waals surface area contributed by atoms with Crippen molar-refractivity contribution in [1.29, 1.82) is 0 Å². The van der Waals surface area contributed by atoms with Crippen molar-refractivity contribution in [3.8, 4) is 11.4 Å². The maximum Gasteiger partial charge on any atom is 0.264 e. The predicted molar refractivity (Wildman–Crippen MR) is 87.6 cm³/mol. The van der Waals surface area contributed by atoms with Crippen LogP contribution in [0, 0.1) is 0 Å². The van der Waals surface area contributed by atoms with Crippen molar-refractivity contribution in [2.45, 2.75) is 11.4 Å². The third kappa shape index (κ3) is 3.42. The molecule has 1 aromatic carbocycles. The molecule has 0 aliphatic rings. The number of aliphatic hydroxyl groups is 1. The lowest BCUT2D eigenvalue weighted by atomic mass is 10.3. The van der Waals surface area contributed by atoms with Gasteiger partial charge in [-0.3, -0.25) is 0 Å². The number of aromatic nitrogens is 4. The third-order valence-corrected chi connectivity index (χ3v) is 4.59. The molecule has 0 spiro atoms. The number of hydrogen-bond acceptors (Lipinski definition) is 6. The van der Waals surface area contributed by atoms with Crippen LogP contribution in [0.1, 0.15) is 0 Å². The van der Waals surface area contributed by atoms with Crippen LogP contribution in [-0.2, 0) is 16.6 Å². The van der Waals surface area contributed by atoms with E-state index in [0.29, 0.717) is 17.9 Å². The lowest BCUT2D eigenvalue weighted by Crippen LogP contribution is -2.15. The molecule has 0 aliphatic heterocycles. The van der Waals surface area contributed by atoms with Gasteiger partial charge in [0.05, 0.1) is 17.1 Å². The Balaban J connectivity index is 1.81. The highest BCUT2D eigenvalue weighted by molar-refractivity contribution is 7.92. The molecule has 2 heterocycles. The van der Waals surface area contributed by atoms with Gasteiger partial charge in [0, 0.05) is 31.3 Å². The van der Waals surface area contributed by atoms with E-state index in [1.165, 1.54) is 24.5 Å². The van der Waals surface area contributed by atoms with Crippen molar-refractivity contribution in [2.75, 3.05) is 11.3 Å². The minimum absolute atomic E-state index is 0.0147. The van der Waals surface area contributed by atoms with Crippen molar-refractivity contribution in [2.24, 2.45) is 0 Å². The van der Waals surface area contributed by atoms with Crippen LogP contribution in [-0.4, -0.2) is 39.7 Å². The zero-order valence-electron chi connectivity index (χ0n) is 12.6. The van der Waals surface area contributed by atoms with Crippen LogP contribution in [0.25, 0.3) is 11.4 Å². The zero-order valence-corrected chi connectivity index (χ0v) is 13.4. The smallest absolute Gasteiger partial charge is 0.264 e. The molecule has 124 valence electrons. The van der Waals surface area contributed by atoms with Crippen LogP contribution in [0.4, 0.5) is 5.95 Å². The number of sulfonamides is 1. The molecule has 0 amide bonds. The summed E-state index contributed by atoms with van der Waals surface area (Å²) in [5.41, 5.74) is 0.621. The normalized spacial score (nSPS) is 11.4. The summed E-state index contributed by atoms with van der Waals surface area (Å²) in [6, 6.07) is 7.99. The summed E-state index contributed by atoms with van der Waals surface area (Å²) >= 11 is 0. The summed E-state index contributed by atoms with van der Waals surface area (Å²) in [5.74, 6) is 0.574. The van der Waals surface area contributed by atoms with Gasteiger partial charge in [-0.15, -0.1) is 0 Å². The number of anilines is 1. The molecule has 9 heteroatoms. The molecule has 0 saturated heterocycles. The number of aliphatic hydroxyl groups excluding tert-OH is 1. The molecule has 3 aromatic rings. The molecule has 3 rings (SSSR count). The molecular weight excluding hydrogens is 330 g/mol. The third-order valence-electron chi connectivity index (χ3n) is 3.25. The minimum atomic E-state index is -3.73. The number of rotatable bonds is 6. The van der Waals surface area contributed by atoms with E-state index >= 15 is 0 Å². The molecule has 0 fully saturated rings. The Hall–Kier alpha value is -2.78. The van der Waals surface area contributed by atoms with Gasteiger partial charge in [0.2, 0.25) is 5.95 Å². The van der Waals surface area contributed by atoms with Crippen molar-refractivity contribution < 1.29 is 13.5 Å². The fraction of sp³-hybridized carbons (Fsp3) is 0.133. The number of imidazole rings is 1. The van der Waals surface area contributed by atoms with Gasteiger partial charge in [-0.2, -0.15) is 0 Å². The van der Waals surface area contributed by atoms with Crippen LogP contribution in [0.15, 0.2) is 60.0 Å². The Morgan fingerprint density at radius 2 is 1.79 bits per heavy atom. The topological polar surface area (TPSA) is 110 Å². The molecule has 0 bridgehead atoms. The quantitative estimate of drug-likeness (QED) is 0.693. The molecular formula is C15H15N5O3S. The summed E-state index contributed by atoms with van der Waals surface area (Å²) in [5, 5.41) is 9.03. The first-order valence-electron chi connectivity index (χ1n) is 7.12. The Morgan fingerprint density at radius 3 is 2.46 bits per heavy atom. The Kier molecular flexibility index (Phi) is 4.54. The second-order valence-electron chi connectivity index (χ2n) is 4.88. The zero-order chi connectivity index (χ0) is 17.0. The van der Waals surface area contributed by atoms with Crippen LogP contribution in [0.5, 0.6) is 0 Å². The van der Waals surface area contributed by atoms with Gasteiger partial charge >= 0.3 is 0 Å². The van der Waals surface area contributed by atoms with Crippen LogP contribution >= 0.6 is 0 Å². The van der Waals surface area contributed by atoms with E-state index in [0.717, 1.165) is 0 Å². The van der Waals surface area contributed by atoms with Crippen LogP contribution in [0.2, 0.25) is 0 Å². The standard InChI is InChI=1S/C15H15N5O3S/c21-9-8-20-7-6-16-14(20)12-10-17-15(18-11-12)19-24(22,23)13-4-2-1-3-5-13/h1-7,10-11,21H,8-9H2,(H,17,18,19). The summed E-state index contributed by atoms with van der Waals surface area (Å²) in [6.07, 6.45) is 6.30. The van der Waals surface area contributed by atoms with Crippen molar-refractivity contribution in [1.82, 2.24) is 19.5 Å². The summed E-state index contributed by atoms with van der Waals surface area (Å²) in [6.45, 7) is 0.386. The first-order chi connectivity index (χ1) is 11.6. The molecule has 0 atom stereocenters. The Morgan fingerprint density at radius 1 is 1.08 bits per heavy atom. The summed E-state index contributed by atoms with van der Waals surface area (Å²) in [4.78, 5) is 12.4. The van der Waals surface area contributed by atoms with Gasteiger partial charge in [-0.05, 0) is 12.1 Å². The SMILES string of the molecule is O=S(=O)(Nc1ncc(-c2nccn2CCO)cn1)c1ccccc1. The second-order valence-corrected chi connectivity index (χ2v) is 6.56. The molecule has 24 heavy (non-hydrogen) atoms. The van der Waals surface area contributed by atoms with Crippen molar-refractivity contribution in [3.63, 3.8) is 0 Å². The number of nitrogens with zero attached hydrogens (tertiary/aromatic N) is 4. The number of benzene rings is 1. The lowest BCUT2D eigenvalue weighted by Gasteiger charge is -2.08. The van der Waals surface area contributed by atoms with Gasteiger partial charge in [0.15, 0.2) is 0 Å². The van der Waals surface area contributed by atoms with E-state index in [1.54, 1.807) is 35.2 Å². The van der Waals surface area contributed by atoms with E-state index in [-0.39, 0.29) is 17.5 Å². The van der Waals surface area contributed by atoms with Gasteiger partial charge in [-0.1, -0.05) is 18.2 Å². The molecule has 0 radical (unpaired) electrons. The molecule has 0 unspecified atom stereocenters. The van der Waals surface area contributed by atoms with Crippen LogP contribution in [0.3, 0.4) is 0 Å². The molecule has 2 N–H and O–H groups in total. The molecule has 0 saturated carbocycles. The van der Waals surface area contributed by atoms with Gasteiger partial charge in [0.1, 0.15) is 5.82 Å². The Labute approximate surface area is 138 Å². The van der Waals surface area contributed by atoms with E-state index in [9.17, 15) is 8.42 Å². The fourth-order valence-electron chi connectivity index (χ4n) is 2.13. The summed E-state index contributed by atoms with van der Waals surface area (Å²) in [7, 11) is -3.73. The average Bonchev–Trinajstić information content (AvgIpc) is 3.05. The monoisotopic (exact) mass is 345 g/mol. The number of hydrogen-bond donors (Lipinski definition) is 2. The largest absolute Gasteiger partial charge is 0.395 e. The first-order valence-corrected chi connectivity index (χ1v) is 8.61. The van der Waals surface area contributed by atoms with Gasteiger partial charge in [0.25, 0.3) is 10.0 Å². The van der Waals surface area contributed by atoms with E-state index in [4.69, 9.17) is 5.11 Å². The maximum atomic E-state index is 12.2. The molecule has 2 aromatic heterocycles. The van der Waals surface area contributed by atoms with E-state index in [1.807, 2.05) is 0 Å². The maximum absolute atomic E-state index is 12.2. The average molecular weight is 345 g/mol. The minimum Gasteiger partial charge on any atom is -0.395 e. The Bertz CT molecular complexity index is 908. The van der Waals surface area contributed by atoms with Crippen LogP contribution < -0.4 is 4.72 Å². The van der Waals surface area contributed by atoms with E-state index < -0.39 is 10.0 Å². The highest BCUT2D eigenvalue weighted by Crippen LogP contribution is 2.17. The summed E-state index contributed by atoms with van der Waals surface area (Å²) < 4.78 is 28.5. The lowest BCUT2D eigenvalue weighted by molar-refractivity contribution is 0.276. The predicted octanol–water partition coefficient (Wildman–Crippen LogP) is 1.13. The highest BCUT2D eigenvalue weighted by atomic mass is 32.2. The van der Waals surface area contributed by atoms with Crippen molar-refractivity contribution >= 4 is 16.0 Å². The molecule has 0 aliphatic carbocycles. The van der Waals surface area contributed by atoms with Gasteiger partial charge < -0.3 is 9.67 Å².